The summed E-state index contributed by atoms with van der Waals surface area (Å²) in [5.74, 6) is 0.406. The van der Waals surface area contributed by atoms with Gasteiger partial charge in [-0.05, 0) is 12.1 Å². The fourth-order valence-electron chi connectivity index (χ4n) is 2.74. The number of hydrogen-bond acceptors (Lipinski definition) is 5. The number of carbonyl (C=O) groups is 1. The number of nitrogens with zero attached hydrogens (tertiary/aromatic N) is 3. The first-order valence-corrected chi connectivity index (χ1v) is 9.10. The Hall–Kier alpha value is -1.99. The minimum Gasteiger partial charge on any atom is -0.302 e. The molecule has 7 heteroatoms. The number of aromatic nitrogens is 3. The van der Waals surface area contributed by atoms with E-state index < -0.39 is 0 Å². The Morgan fingerprint density at radius 3 is 3.04 bits per heavy atom. The van der Waals surface area contributed by atoms with Gasteiger partial charge >= 0.3 is 0 Å². The summed E-state index contributed by atoms with van der Waals surface area (Å²) in [5, 5.41) is 7.50. The summed E-state index contributed by atoms with van der Waals surface area (Å²) in [4.78, 5) is 20.0. The fourth-order valence-corrected chi connectivity index (χ4v) is 4.64. The van der Waals surface area contributed by atoms with E-state index in [0.717, 1.165) is 10.6 Å². The maximum Gasteiger partial charge on any atom is 0.238 e. The molecule has 1 aliphatic heterocycles. The van der Waals surface area contributed by atoms with Crippen LogP contribution in [0.5, 0.6) is 0 Å². The molecule has 0 saturated heterocycles. The number of rotatable bonds is 3. The van der Waals surface area contributed by atoms with Gasteiger partial charge in [0.15, 0.2) is 5.16 Å². The van der Waals surface area contributed by atoms with E-state index in [9.17, 15) is 4.79 Å². The molecule has 4 rings (SSSR count). The predicted octanol–water partition coefficient (Wildman–Crippen LogP) is 2.90. The van der Waals surface area contributed by atoms with Crippen molar-refractivity contribution in [2.24, 2.45) is 0 Å². The van der Waals surface area contributed by atoms with Crippen molar-refractivity contribution in [3.05, 3.63) is 54.9 Å². The Bertz CT molecular complexity index is 772. The maximum absolute atomic E-state index is 12.9. The van der Waals surface area contributed by atoms with Crippen LogP contribution < -0.4 is 4.90 Å². The van der Waals surface area contributed by atoms with Crippen molar-refractivity contribution in [3.63, 3.8) is 0 Å². The zero-order valence-electron chi connectivity index (χ0n) is 12.1. The average Bonchev–Trinajstić information content (AvgIpc) is 3.11. The second-order valence-electron chi connectivity index (χ2n) is 5.15. The summed E-state index contributed by atoms with van der Waals surface area (Å²) >= 11 is 3.18. The molecular formula is C16H14N4OS2. The Labute approximate surface area is 142 Å². The first kappa shape index (κ1) is 14.6. The number of para-hydroxylation sites is 1. The minimum absolute atomic E-state index is 0.0581. The highest BCUT2D eigenvalue weighted by Gasteiger charge is 2.36. The molecule has 2 atom stereocenters. The number of nitrogens with one attached hydrogen (secondary N) is 1. The van der Waals surface area contributed by atoms with Crippen molar-refractivity contribution in [1.29, 1.82) is 0 Å². The van der Waals surface area contributed by atoms with E-state index in [0.29, 0.717) is 10.9 Å². The van der Waals surface area contributed by atoms with Crippen LogP contribution in [0.2, 0.25) is 0 Å². The van der Waals surface area contributed by atoms with E-state index in [2.05, 4.69) is 33.4 Å². The number of benzene rings is 1. The van der Waals surface area contributed by atoms with Crippen molar-refractivity contribution in [2.45, 2.75) is 21.3 Å². The van der Waals surface area contributed by atoms with Gasteiger partial charge in [-0.3, -0.25) is 9.89 Å². The Morgan fingerprint density at radius 1 is 1.30 bits per heavy atom. The van der Waals surface area contributed by atoms with Crippen molar-refractivity contribution < 1.29 is 4.79 Å². The number of amides is 1. The number of fused-ring (bicyclic) bond motifs is 2. The van der Waals surface area contributed by atoms with Crippen LogP contribution in [0.15, 0.2) is 64.9 Å². The second-order valence-corrected chi connectivity index (χ2v) is 7.34. The Morgan fingerprint density at radius 2 is 2.17 bits per heavy atom. The van der Waals surface area contributed by atoms with Gasteiger partial charge in [-0.15, -0.1) is 11.8 Å². The van der Waals surface area contributed by atoms with Crippen molar-refractivity contribution >= 4 is 35.1 Å². The van der Waals surface area contributed by atoms with Gasteiger partial charge in [-0.2, -0.15) is 5.10 Å². The monoisotopic (exact) mass is 342 g/mol. The number of anilines is 1. The van der Waals surface area contributed by atoms with Crippen LogP contribution in [-0.2, 0) is 4.79 Å². The molecule has 0 radical (unpaired) electrons. The van der Waals surface area contributed by atoms with Gasteiger partial charge in [0.1, 0.15) is 6.33 Å². The molecule has 1 aromatic heterocycles. The SMILES string of the molecule is O=C(CSc1ncn[nH]1)N1c2ccccc2S[C@H]2C=CC=C[C@@H]21. The summed E-state index contributed by atoms with van der Waals surface area (Å²) in [6.07, 6.45) is 9.78. The molecule has 116 valence electrons. The molecule has 0 unspecified atom stereocenters. The van der Waals surface area contributed by atoms with Gasteiger partial charge in [0.2, 0.25) is 5.91 Å². The Kier molecular flexibility index (Phi) is 3.97. The lowest BCUT2D eigenvalue weighted by atomic mass is 10.0. The quantitative estimate of drug-likeness (QED) is 0.869. The molecule has 0 spiro atoms. The fraction of sp³-hybridized carbons (Fsp3) is 0.188. The molecule has 0 fully saturated rings. The summed E-state index contributed by atoms with van der Waals surface area (Å²) in [6.45, 7) is 0. The normalized spacial score (nSPS) is 21.8. The predicted molar refractivity (Wildman–Crippen MR) is 92.7 cm³/mol. The van der Waals surface area contributed by atoms with Crippen LogP contribution in [0.1, 0.15) is 0 Å². The highest BCUT2D eigenvalue weighted by atomic mass is 32.2. The van der Waals surface area contributed by atoms with E-state index in [1.807, 2.05) is 47.0 Å². The maximum atomic E-state index is 12.9. The van der Waals surface area contributed by atoms with Crippen LogP contribution in [0.25, 0.3) is 0 Å². The zero-order valence-corrected chi connectivity index (χ0v) is 13.8. The van der Waals surface area contributed by atoms with Crippen LogP contribution >= 0.6 is 23.5 Å². The number of allylic oxidation sites excluding steroid dienone is 2. The zero-order chi connectivity index (χ0) is 15.6. The second kappa shape index (κ2) is 6.25. The number of thioether (sulfide) groups is 2. The summed E-state index contributed by atoms with van der Waals surface area (Å²) in [6, 6.07) is 8.14. The van der Waals surface area contributed by atoms with Gasteiger partial charge < -0.3 is 4.90 Å². The minimum atomic E-state index is 0.0581. The van der Waals surface area contributed by atoms with Crippen LogP contribution in [0.4, 0.5) is 5.69 Å². The van der Waals surface area contributed by atoms with Crippen LogP contribution in [0, 0.1) is 0 Å². The standard InChI is InChI=1S/C16H14N4OS2/c21-15(9-22-16-17-10-18-19-16)20-11-5-1-3-7-13(11)23-14-8-4-2-6-12(14)20/h1-8,10-11,13H,9H2,(H,17,18,19)/t11-,13-/m0/s1. The molecule has 5 nitrogen and oxygen atoms in total. The number of H-pyrrole nitrogens is 1. The molecule has 1 amide bonds. The van der Waals surface area contributed by atoms with Crippen LogP contribution in [0.3, 0.4) is 0 Å². The van der Waals surface area contributed by atoms with Gasteiger partial charge in [-0.25, -0.2) is 4.98 Å². The van der Waals surface area contributed by atoms with E-state index in [-0.39, 0.29) is 17.2 Å². The van der Waals surface area contributed by atoms with E-state index in [4.69, 9.17) is 0 Å². The molecule has 2 aliphatic rings. The van der Waals surface area contributed by atoms with Crippen molar-refractivity contribution in [1.82, 2.24) is 15.2 Å². The molecule has 1 N–H and O–H groups in total. The number of aromatic amines is 1. The molecule has 0 bridgehead atoms. The lowest BCUT2D eigenvalue weighted by molar-refractivity contribution is -0.116. The Balaban J connectivity index is 1.62. The molecule has 2 aromatic rings. The highest BCUT2D eigenvalue weighted by Crippen LogP contribution is 2.43. The van der Waals surface area contributed by atoms with Crippen molar-refractivity contribution in [2.75, 3.05) is 10.7 Å². The van der Waals surface area contributed by atoms with E-state index in [1.165, 1.54) is 18.1 Å². The average molecular weight is 342 g/mol. The van der Waals surface area contributed by atoms with E-state index >= 15 is 0 Å². The number of hydrogen-bond donors (Lipinski definition) is 1. The molecule has 1 aromatic carbocycles. The summed E-state index contributed by atoms with van der Waals surface area (Å²) in [5.41, 5.74) is 0.988. The molecule has 2 heterocycles. The number of carbonyl (C=O) groups excluding carboxylic acids is 1. The van der Waals surface area contributed by atoms with Gasteiger partial charge in [-0.1, -0.05) is 48.2 Å². The summed E-state index contributed by atoms with van der Waals surface area (Å²) in [7, 11) is 0. The first-order chi connectivity index (χ1) is 11.3. The molecule has 0 saturated carbocycles. The molecule has 23 heavy (non-hydrogen) atoms. The highest BCUT2D eigenvalue weighted by molar-refractivity contribution is 8.00. The third-order valence-corrected chi connectivity index (χ3v) is 5.91. The smallest absolute Gasteiger partial charge is 0.238 e. The summed E-state index contributed by atoms with van der Waals surface area (Å²) < 4.78 is 0. The van der Waals surface area contributed by atoms with Crippen LogP contribution in [-0.4, -0.2) is 38.1 Å². The van der Waals surface area contributed by atoms with Gasteiger partial charge in [0, 0.05) is 4.90 Å². The van der Waals surface area contributed by atoms with E-state index in [1.54, 1.807) is 0 Å². The third kappa shape index (κ3) is 2.82. The lowest BCUT2D eigenvalue weighted by Crippen LogP contribution is -2.48. The largest absolute Gasteiger partial charge is 0.302 e. The molecule has 1 aliphatic carbocycles. The van der Waals surface area contributed by atoms with Gasteiger partial charge in [0.05, 0.1) is 22.7 Å². The molecular weight excluding hydrogens is 328 g/mol. The van der Waals surface area contributed by atoms with Gasteiger partial charge in [0.25, 0.3) is 0 Å². The third-order valence-electron chi connectivity index (χ3n) is 3.74. The lowest BCUT2D eigenvalue weighted by Gasteiger charge is -2.40. The van der Waals surface area contributed by atoms with Crippen molar-refractivity contribution in [3.8, 4) is 0 Å². The first-order valence-electron chi connectivity index (χ1n) is 7.24. The topological polar surface area (TPSA) is 61.9 Å².